The average molecular weight is 653 g/mol. The van der Waals surface area contributed by atoms with E-state index in [0.717, 1.165) is 21.6 Å². The van der Waals surface area contributed by atoms with E-state index in [1.807, 2.05) is 109 Å². The molecular weight excluding hydrogens is 616 g/mol. The second kappa shape index (κ2) is 16.8. The lowest BCUT2D eigenvalue weighted by Crippen LogP contribution is -2.60. The number of ether oxygens (including phenoxy) is 5. The topological polar surface area (TPSA) is 46.2 Å². The smallest absolute Gasteiger partial charge is 0.215 e. The van der Waals surface area contributed by atoms with Crippen molar-refractivity contribution in [3.63, 3.8) is 0 Å². The molecule has 0 spiro atoms. The monoisotopic (exact) mass is 652 g/mol. The lowest BCUT2D eigenvalue weighted by Gasteiger charge is -2.45. The van der Waals surface area contributed by atoms with E-state index in [1.54, 1.807) is 11.8 Å². The highest BCUT2D eigenvalue weighted by atomic mass is 35.5. The van der Waals surface area contributed by atoms with Crippen LogP contribution >= 0.6 is 23.4 Å². The van der Waals surface area contributed by atoms with E-state index in [-0.39, 0.29) is 5.25 Å². The Hall–Kier alpha value is -3.62. The van der Waals surface area contributed by atoms with Crippen molar-refractivity contribution in [2.45, 2.75) is 54.6 Å². The SMILES string of the molecule is Clc1ccc(S[C@H]2[C@H](Oc3ccccc3)O[C@H](COCc3ccccc3)[C@@H](OCc3ccccc3)[C@@H]2OCc2ccccc2)cc1. The van der Waals surface area contributed by atoms with Gasteiger partial charge in [-0.3, -0.25) is 0 Å². The summed E-state index contributed by atoms with van der Waals surface area (Å²) in [5.74, 6) is 0.712. The minimum absolute atomic E-state index is 0.295. The van der Waals surface area contributed by atoms with Crippen LogP contribution in [0.25, 0.3) is 0 Å². The fraction of sp³-hybridized carbons (Fsp3) is 0.231. The molecule has 1 saturated heterocycles. The number of thioether (sulfide) groups is 1. The zero-order chi connectivity index (χ0) is 31.4. The van der Waals surface area contributed by atoms with E-state index in [9.17, 15) is 0 Å². The Morgan fingerprint density at radius 1 is 0.565 bits per heavy atom. The standard InChI is InChI=1S/C39H37ClO5S/c40-32-21-23-34(24-22-32)46-38-37(43-27-31-17-9-3-10-18-31)36(42-26-30-15-7-2-8-16-30)35(28-41-25-29-13-5-1-6-14-29)45-39(38)44-33-19-11-4-12-20-33/h1-24,35-39H,25-28H2/t35-,36-,37+,38-,39-/m1/s1. The number of hydrogen-bond donors (Lipinski definition) is 0. The predicted octanol–water partition coefficient (Wildman–Crippen LogP) is 8.99. The lowest BCUT2D eigenvalue weighted by atomic mass is 10.00. The van der Waals surface area contributed by atoms with Gasteiger partial charge in [-0.2, -0.15) is 0 Å². The maximum absolute atomic E-state index is 6.85. The van der Waals surface area contributed by atoms with Crippen LogP contribution in [-0.4, -0.2) is 36.5 Å². The Kier molecular flexibility index (Phi) is 11.8. The molecule has 0 unspecified atom stereocenters. The van der Waals surface area contributed by atoms with Gasteiger partial charge in [0.05, 0.1) is 26.4 Å². The van der Waals surface area contributed by atoms with E-state index in [0.29, 0.717) is 37.2 Å². The van der Waals surface area contributed by atoms with Gasteiger partial charge in [0, 0.05) is 9.92 Å². The molecule has 1 aliphatic heterocycles. The van der Waals surface area contributed by atoms with Gasteiger partial charge in [-0.25, -0.2) is 0 Å². The first-order chi connectivity index (χ1) is 22.7. The van der Waals surface area contributed by atoms with Crippen molar-refractivity contribution in [2.24, 2.45) is 0 Å². The molecule has 7 heteroatoms. The molecule has 0 radical (unpaired) electrons. The van der Waals surface area contributed by atoms with Gasteiger partial charge < -0.3 is 23.7 Å². The molecule has 1 aliphatic rings. The lowest BCUT2D eigenvalue weighted by molar-refractivity contribution is -0.253. The quantitative estimate of drug-likeness (QED) is 0.119. The molecule has 1 fully saturated rings. The van der Waals surface area contributed by atoms with Gasteiger partial charge in [0.25, 0.3) is 0 Å². The first-order valence-corrected chi connectivity index (χ1v) is 16.7. The summed E-state index contributed by atoms with van der Waals surface area (Å²) in [6.45, 7) is 1.56. The number of rotatable bonds is 14. The van der Waals surface area contributed by atoms with Crippen molar-refractivity contribution in [1.29, 1.82) is 0 Å². The van der Waals surface area contributed by atoms with Crippen molar-refractivity contribution in [2.75, 3.05) is 6.61 Å². The van der Waals surface area contributed by atoms with Crippen molar-refractivity contribution in [1.82, 2.24) is 0 Å². The fourth-order valence-electron chi connectivity index (χ4n) is 5.33. The van der Waals surface area contributed by atoms with Crippen LogP contribution in [0.4, 0.5) is 0 Å². The van der Waals surface area contributed by atoms with Crippen LogP contribution in [0.5, 0.6) is 5.75 Å². The third-order valence-electron chi connectivity index (χ3n) is 7.64. The van der Waals surface area contributed by atoms with Gasteiger partial charge in [-0.15, -0.1) is 11.8 Å². The largest absolute Gasteiger partial charge is 0.464 e. The molecule has 6 rings (SSSR count). The highest BCUT2D eigenvalue weighted by Gasteiger charge is 2.49. The van der Waals surface area contributed by atoms with E-state index >= 15 is 0 Å². The molecular formula is C39H37ClO5S. The molecule has 46 heavy (non-hydrogen) atoms. The highest BCUT2D eigenvalue weighted by molar-refractivity contribution is 8.00. The van der Waals surface area contributed by atoms with Crippen LogP contribution in [0.2, 0.25) is 5.02 Å². The summed E-state index contributed by atoms with van der Waals surface area (Å²) in [5.41, 5.74) is 3.23. The van der Waals surface area contributed by atoms with E-state index in [1.165, 1.54) is 0 Å². The molecule has 5 atom stereocenters. The van der Waals surface area contributed by atoms with Crippen LogP contribution in [0.3, 0.4) is 0 Å². The predicted molar refractivity (Wildman–Crippen MR) is 183 cm³/mol. The Bertz CT molecular complexity index is 1580. The molecule has 0 amide bonds. The van der Waals surface area contributed by atoms with Gasteiger partial charge in [0.1, 0.15) is 29.3 Å². The first-order valence-electron chi connectivity index (χ1n) is 15.4. The molecule has 0 aromatic heterocycles. The van der Waals surface area contributed by atoms with Crippen LogP contribution in [0.1, 0.15) is 16.7 Å². The molecule has 5 nitrogen and oxygen atoms in total. The molecule has 236 valence electrons. The van der Waals surface area contributed by atoms with Crippen LogP contribution < -0.4 is 4.74 Å². The minimum Gasteiger partial charge on any atom is -0.464 e. The Balaban J connectivity index is 1.33. The molecule has 1 heterocycles. The normalized spacial score (nSPS) is 21.1. The van der Waals surface area contributed by atoms with Gasteiger partial charge in [0.2, 0.25) is 6.29 Å². The third kappa shape index (κ3) is 9.23. The Labute approximate surface area is 280 Å². The summed E-state index contributed by atoms with van der Waals surface area (Å²) in [5, 5.41) is 0.383. The molecule has 0 aliphatic carbocycles. The van der Waals surface area contributed by atoms with Gasteiger partial charge in [-0.1, -0.05) is 121 Å². The molecule has 0 saturated carbocycles. The molecule has 0 bridgehead atoms. The van der Waals surface area contributed by atoms with Crippen LogP contribution in [0.15, 0.2) is 150 Å². The van der Waals surface area contributed by atoms with E-state index in [4.69, 9.17) is 35.3 Å². The highest BCUT2D eigenvalue weighted by Crippen LogP contribution is 2.39. The summed E-state index contributed by atoms with van der Waals surface area (Å²) in [6.07, 6.45) is -2.01. The van der Waals surface area contributed by atoms with E-state index < -0.39 is 24.6 Å². The maximum atomic E-state index is 6.85. The molecule has 0 N–H and O–H groups in total. The van der Waals surface area contributed by atoms with Gasteiger partial charge >= 0.3 is 0 Å². The van der Waals surface area contributed by atoms with Crippen molar-refractivity contribution in [3.05, 3.63) is 167 Å². The number of benzene rings is 5. The summed E-state index contributed by atoms with van der Waals surface area (Å²) >= 11 is 7.89. The summed E-state index contributed by atoms with van der Waals surface area (Å²) in [7, 11) is 0. The number of para-hydroxylation sites is 1. The summed E-state index contributed by atoms with van der Waals surface area (Å²) in [4.78, 5) is 1.02. The molecule has 5 aromatic rings. The maximum Gasteiger partial charge on any atom is 0.215 e. The Morgan fingerprint density at radius 2 is 1.07 bits per heavy atom. The van der Waals surface area contributed by atoms with Crippen LogP contribution in [-0.2, 0) is 38.8 Å². The van der Waals surface area contributed by atoms with Crippen molar-refractivity contribution >= 4 is 23.4 Å². The second-order valence-electron chi connectivity index (χ2n) is 11.0. The zero-order valence-corrected chi connectivity index (χ0v) is 27.0. The van der Waals surface area contributed by atoms with Crippen molar-refractivity contribution in [3.8, 4) is 5.75 Å². The van der Waals surface area contributed by atoms with Crippen LogP contribution in [0, 0.1) is 0 Å². The molecule has 5 aromatic carbocycles. The van der Waals surface area contributed by atoms with E-state index in [2.05, 4.69) is 36.4 Å². The second-order valence-corrected chi connectivity index (χ2v) is 12.7. The van der Waals surface area contributed by atoms with Gasteiger partial charge in [-0.05, 0) is 53.1 Å². The minimum atomic E-state index is -0.661. The Morgan fingerprint density at radius 3 is 1.63 bits per heavy atom. The third-order valence-corrected chi connectivity index (χ3v) is 9.20. The zero-order valence-electron chi connectivity index (χ0n) is 25.4. The summed E-state index contributed by atoms with van der Waals surface area (Å²) in [6, 6.07) is 48.0. The number of halogens is 1. The number of hydrogen-bond acceptors (Lipinski definition) is 6. The average Bonchev–Trinajstić information content (AvgIpc) is 3.10. The van der Waals surface area contributed by atoms with Crippen molar-refractivity contribution < 1.29 is 23.7 Å². The summed E-state index contributed by atoms with van der Waals surface area (Å²) < 4.78 is 33.3. The first kappa shape index (κ1) is 32.3. The fourth-order valence-corrected chi connectivity index (χ4v) is 6.66. The van der Waals surface area contributed by atoms with Gasteiger partial charge in [0.15, 0.2) is 0 Å².